The van der Waals surface area contributed by atoms with Gasteiger partial charge in [-0.2, -0.15) is 0 Å². The lowest BCUT2D eigenvalue weighted by Crippen LogP contribution is -2.42. The van der Waals surface area contributed by atoms with E-state index in [-0.39, 0.29) is 5.92 Å². The van der Waals surface area contributed by atoms with E-state index >= 15 is 0 Å². The standard InChI is InChI=1S/C20H25N5O/c26-20(18-4-11-24(12-5-18)19-14-22-8-9-23-19)25-10-3-17(15-25)13-16-1-6-21-7-2-16/h1-2,6-9,14,17-18H,3-5,10-13,15H2. The van der Waals surface area contributed by atoms with Crippen LogP contribution in [0.1, 0.15) is 24.8 Å². The Hall–Kier alpha value is -2.50. The van der Waals surface area contributed by atoms with E-state index in [4.69, 9.17) is 0 Å². The molecule has 0 aliphatic carbocycles. The third kappa shape index (κ3) is 3.84. The van der Waals surface area contributed by atoms with E-state index in [2.05, 4.69) is 36.9 Å². The van der Waals surface area contributed by atoms with Crippen LogP contribution in [0, 0.1) is 11.8 Å². The number of amides is 1. The predicted molar refractivity (Wildman–Crippen MR) is 99.6 cm³/mol. The Balaban J connectivity index is 1.28. The molecule has 4 rings (SSSR count). The molecule has 0 N–H and O–H groups in total. The Morgan fingerprint density at radius 2 is 1.81 bits per heavy atom. The zero-order valence-corrected chi connectivity index (χ0v) is 15.0. The number of nitrogens with zero attached hydrogens (tertiary/aromatic N) is 5. The zero-order chi connectivity index (χ0) is 17.8. The summed E-state index contributed by atoms with van der Waals surface area (Å²) in [4.78, 5) is 29.8. The third-order valence-corrected chi connectivity index (χ3v) is 5.59. The minimum atomic E-state index is 0.155. The Bertz CT molecular complexity index is 711. The van der Waals surface area contributed by atoms with Gasteiger partial charge in [0.1, 0.15) is 5.82 Å². The average molecular weight is 351 g/mol. The molecular formula is C20H25N5O. The maximum absolute atomic E-state index is 12.9. The molecule has 4 heterocycles. The molecule has 136 valence electrons. The number of carbonyl (C=O) groups excluding carboxylic acids is 1. The number of piperidine rings is 1. The van der Waals surface area contributed by atoms with E-state index in [0.29, 0.717) is 11.8 Å². The molecule has 1 amide bonds. The van der Waals surface area contributed by atoms with E-state index in [1.807, 2.05) is 12.4 Å². The highest BCUT2D eigenvalue weighted by Crippen LogP contribution is 2.27. The van der Waals surface area contributed by atoms with Crippen LogP contribution in [0.25, 0.3) is 0 Å². The number of hydrogen-bond donors (Lipinski definition) is 0. The normalized spacial score (nSPS) is 21.2. The summed E-state index contributed by atoms with van der Waals surface area (Å²) < 4.78 is 0. The predicted octanol–water partition coefficient (Wildman–Crippen LogP) is 2.18. The van der Waals surface area contributed by atoms with Gasteiger partial charge < -0.3 is 9.80 Å². The number of hydrogen-bond acceptors (Lipinski definition) is 5. The number of rotatable bonds is 4. The minimum Gasteiger partial charge on any atom is -0.355 e. The molecule has 2 fully saturated rings. The highest BCUT2D eigenvalue weighted by Gasteiger charge is 2.33. The molecule has 2 aliphatic rings. The van der Waals surface area contributed by atoms with E-state index in [9.17, 15) is 4.79 Å². The summed E-state index contributed by atoms with van der Waals surface area (Å²) in [6.45, 7) is 3.55. The summed E-state index contributed by atoms with van der Waals surface area (Å²) in [6, 6.07) is 4.15. The highest BCUT2D eigenvalue weighted by molar-refractivity contribution is 5.79. The van der Waals surface area contributed by atoms with Crippen LogP contribution in [0.3, 0.4) is 0 Å². The molecule has 1 atom stereocenters. The van der Waals surface area contributed by atoms with Gasteiger partial charge in [-0.05, 0) is 49.3 Å². The Morgan fingerprint density at radius 3 is 2.54 bits per heavy atom. The fourth-order valence-corrected chi connectivity index (χ4v) is 4.12. The van der Waals surface area contributed by atoms with Crippen LogP contribution in [0.4, 0.5) is 5.82 Å². The Labute approximate surface area is 154 Å². The first-order chi connectivity index (χ1) is 12.8. The molecule has 1 unspecified atom stereocenters. The molecule has 0 radical (unpaired) electrons. The van der Waals surface area contributed by atoms with Gasteiger partial charge in [0, 0.05) is 56.9 Å². The second-order valence-corrected chi connectivity index (χ2v) is 7.32. The fraction of sp³-hybridized carbons (Fsp3) is 0.500. The van der Waals surface area contributed by atoms with Crippen molar-refractivity contribution in [3.8, 4) is 0 Å². The molecule has 2 aromatic heterocycles. The van der Waals surface area contributed by atoms with E-state index < -0.39 is 0 Å². The monoisotopic (exact) mass is 351 g/mol. The van der Waals surface area contributed by atoms with Crippen molar-refractivity contribution in [1.82, 2.24) is 19.9 Å². The van der Waals surface area contributed by atoms with Crippen molar-refractivity contribution in [2.45, 2.75) is 25.7 Å². The lowest BCUT2D eigenvalue weighted by atomic mass is 9.95. The molecule has 6 nitrogen and oxygen atoms in total. The summed E-state index contributed by atoms with van der Waals surface area (Å²) in [5, 5.41) is 0. The number of aromatic nitrogens is 3. The first-order valence-electron chi connectivity index (χ1n) is 9.48. The van der Waals surface area contributed by atoms with Crippen molar-refractivity contribution in [3.63, 3.8) is 0 Å². The van der Waals surface area contributed by atoms with Crippen LogP contribution in [-0.4, -0.2) is 51.9 Å². The molecule has 0 bridgehead atoms. The second-order valence-electron chi connectivity index (χ2n) is 7.32. The van der Waals surface area contributed by atoms with Crippen LogP contribution in [0.2, 0.25) is 0 Å². The van der Waals surface area contributed by atoms with E-state index in [1.54, 1.807) is 18.6 Å². The van der Waals surface area contributed by atoms with Gasteiger partial charge in [0.15, 0.2) is 0 Å². The lowest BCUT2D eigenvalue weighted by Gasteiger charge is -2.33. The SMILES string of the molecule is O=C(C1CCN(c2cnccn2)CC1)N1CCC(Cc2ccncc2)C1. The van der Waals surface area contributed by atoms with Crippen LogP contribution in [0.15, 0.2) is 43.1 Å². The fourth-order valence-electron chi connectivity index (χ4n) is 4.12. The van der Waals surface area contributed by atoms with Gasteiger partial charge in [0.2, 0.25) is 5.91 Å². The van der Waals surface area contributed by atoms with Crippen molar-refractivity contribution in [2.75, 3.05) is 31.1 Å². The molecule has 2 aliphatic heterocycles. The zero-order valence-electron chi connectivity index (χ0n) is 15.0. The van der Waals surface area contributed by atoms with E-state index in [1.165, 1.54) is 5.56 Å². The summed E-state index contributed by atoms with van der Waals surface area (Å²) in [7, 11) is 0. The molecule has 0 spiro atoms. The van der Waals surface area contributed by atoms with Crippen LogP contribution >= 0.6 is 0 Å². The Morgan fingerprint density at radius 1 is 1.00 bits per heavy atom. The third-order valence-electron chi connectivity index (χ3n) is 5.59. The second kappa shape index (κ2) is 7.81. The molecule has 26 heavy (non-hydrogen) atoms. The van der Waals surface area contributed by atoms with Gasteiger partial charge in [-0.3, -0.25) is 14.8 Å². The first-order valence-corrected chi connectivity index (χ1v) is 9.48. The minimum absolute atomic E-state index is 0.155. The Kier molecular flexibility index (Phi) is 5.09. The van der Waals surface area contributed by atoms with Gasteiger partial charge in [-0.1, -0.05) is 0 Å². The molecule has 6 heteroatoms. The summed E-state index contributed by atoms with van der Waals surface area (Å²) >= 11 is 0. The lowest BCUT2D eigenvalue weighted by molar-refractivity contribution is -0.135. The number of pyridine rings is 1. The maximum Gasteiger partial charge on any atom is 0.225 e. The molecule has 0 saturated carbocycles. The molecule has 2 aromatic rings. The topological polar surface area (TPSA) is 62.2 Å². The molecule has 2 saturated heterocycles. The number of likely N-dealkylation sites (tertiary alicyclic amines) is 1. The molecule has 0 aromatic carbocycles. The largest absolute Gasteiger partial charge is 0.355 e. The highest BCUT2D eigenvalue weighted by atomic mass is 16.2. The summed E-state index contributed by atoms with van der Waals surface area (Å²) in [5.74, 6) is 1.99. The van der Waals surface area contributed by atoms with Crippen molar-refractivity contribution in [3.05, 3.63) is 48.7 Å². The summed E-state index contributed by atoms with van der Waals surface area (Å²) in [6.07, 6.45) is 12.9. The van der Waals surface area contributed by atoms with Crippen molar-refractivity contribution < 1.29 is 4.79 Å². The van der Waals surface area contributed by atoms with Gasteiger partial charge in [0.25, 0.3) is 0 Å². The van der Waals surface area contributed by atoms with Gasteiger partial charge >= 0.3 is 0 Å². The number of anilines is 1. The van der Waals surface area contributed by atoms with Gasteiger partial charge in [-0.25, -0.2) is 4.98 Å². The smallest absolute Gasteiger partial charge is 0.225 e. The van der Waals surface area contributed by atoms with Crippen LogP contribution in [0.5, 0.6) is 0 Å². The quantitative estimate of drug-likeness (QED) is 0.845. The van der Waals surface area contributed by atoms with Crippen molar-refractivity contribution >= 4 is 11.7 Å². The number of carbonyl (C=O) groups is 1. The molecular weight excluding hydrogens is 326 g/mol. The maximum atomic E-state index is 12.9. The first kappa shape index (κ1) is 16.9. The average Bonchev–Trinajstić information content (AvgIpc) is 3.17. The van der Waals surface area contributed by atoms with E-state index in [0.717, 1.165) is 57.7 Å². The van der Waals surface area contributed by atoms with Gasteiger partial charge in [0.05, 0.1) is 6.20 Å². The van der Waals surface area contributed by atoms with Gasteiger partial charge in [-0.15, -0.1) is 0 Å². The van der Waals surface area contributed by atoms with Crippen molar-refractivity contribution in [2.24, 2.45) is 11.8 Å². The van der Waals surface area contributed by atoms with Crippen molar-refractivity contribution in [1.29, 1.82) is 0 Å². The van der Waals surface area contributed by atoms with Crippen LogP contribution in [-0.2, 0) is 11.2 Å². The van der Waals surface area contributed by atoms with Crippen LogP contribution < -0.4 is 4.90 Å². The summed E-state index contributed by atoms with van der Waals surface area (Å²) in [5.41, 5.74) is 1.32.